The number of hydrogen-bond donors (Lipinski definition) is 1. The molecule has 0 atom stereocenters. The van der Waals surface area contributed by atoms with Crippen molar-refractivity contribution < 1.29 is 14.3 Å². The van der Waals surface area contributed by atoms with Crippen molar-refractivity contribution in [2.75, 3.05) is 19.0 Å². The number of benzene rings is 1. The van der Waals surface area contributed by atoms with Gasteiger partial charge in [0.1, 0.15) is 12.3 Å². The molecule has 1 fully saturated rings. The first-order valence-electron chi connectivity index (χ1n) is 9.67. The molecular formula is C21H27N3O3S. The van der Waals surface area contributed by atoms with Crippen LogP contribution in [0.3, 0.4) is 0 Å². The van der Waals surface area contributed by atoms with Gasteiger partial charge in [-0.25, -0.2) is 4.98 Å². The fraction of sp³-hybridized carbons (Fsp3) is 0.476. The number of aryl methyl sites for hydroxylation is 2. The van der Waals surface area contributed by atoms with E-state index < -0.39 is 0 Å². The number of anilines is 1. The number of aromatic nitrogens is 1. The van der Waals surface area contributed by atoms with Crippen LogP contribution in [0, 0.1) is 13.8 Å². The molecule has 150 valence electrons. The molecule has 0 spiro atoms. The number of carbonyl (C=O) groups is 2. The first-order valence-corrected chi connectivity index (χ1v) is 10.5. The third kappa shape index (κ3) is 4.90. The molecule has 7 heteroatoms. The summed E-state index contributed by atoms with van der Waals surface area (Å²) in [6, 6.07) is 7.14. The van der Waals surface area contributed by atoms with Crippen LogP contribution in [0.2, 0.25) is 0 Å². The van der Waals surface area contributed by atoms with Gasteiger partial charge in [0.05, 0.1) is 12.8 Å². The molecule has 1 N–H and O–H groups in total. The van der Waals surface area contributed by atoms with Gasteiger partial charge in [-0.05, 0) is 51.0 Å². The predicted molar refractivity (Wildman–Crippen MR) is 111 cm³/mol. The van der Waals surface area contributed by atoms with Gasteiger partial charge in [-0.15, -0.1) is 11.3 Å². The fourth-order valence-corrected chi connectivity index (χ4v) is 4.33. The lowest BCUT2D eigenvalue weighted by Crippen LogP contribution is -2.45. The molecule has 2 amide bonds. The summed E-state index contributed by atoms with van der Waals surface area (Å²) in [5.41, 5.74) is 1.49. The zero-order valence-corrected chi connectivity index (χ0v) is 17.5. The van der Waals surface area contributed by atoms with Crippen LogP contribution < -0.4 is 10.1 Å². The Kier molecular flexibility index (Phi) is 6.67. The third-order valence-electron chi connectivity index (χ3n) is 5.20. The maximum absolute atomic E-state index is 13.2. The van der Waals surface area contributed by atoms with E-state index in [2.05, 4.69) is 10.3 Å². The summed E-state index contributed by atoms with van der Waals surface area (Å²) in [6.07, 6.45) is 5.23. The lowest BCUT2D eigenvalue weighted by Gasteiger charge is -2.34. The van der Waals surface area contributed by atoms with E-state index in [1.54, 1.807) is 36.3 Å². The molecule has 1 aliphatic rings. The molecule has 0 saturated heterocycles. The van der Waals surface area contributed by atoms with Gasteiger partial charge >= 0.3 is 0 Å². The van der Waals surface area contributed by atoms with E-state index in [-0.39, 0.29) is 24.4 Å². The van der Waals surface area contributed by atoms with Crippen molar-refractivity contribution in [2.45, 2.75) is 52.0 Å². The summed E-state index contributed by atoms with van der Waals surface area (Å²) < 4.78 is 5.17. The van der Waals surface area contributed by atoms with Crippen LogP contribution in [-0.2, 0) is 4.79 Å². The minimum Gasteiger partial charge on any atom is -0.497 e. The van der Waals surface area contributed by atoms with E-state index >= 15 is 0 Å². The normalized spacial score (nSPS) is 14.5. The molecule has 0 radical (unpaired) electrons. The van der Waals surface area contributed by atoms with Gasteiger partial charge in [0.15, 0.2) is 5.13 Å². The number of ether oxygens (including phenoxy) is 1. The lowest BCUT2D eigenvalue weighted by molar-refractivity contribution is -0.117. The number of hydrogen-bond acceptors (Lipinski definition) is 5. The largest absolute Gasteiger partial charge is 0.497 e. The SMILES string of the molecule is COc1ccc(C(=O)N(CC(=O)Nc2nc(C)c(C)s2)C2CCCCC2)cc1. The standard InChI is InChI=1S/C21H27N3O3S/c1-14-15(2)28-21(22-14)23-19(25)13-24(17-7-5-4-6-8-17)20(26)16-9-11-18(27-3)12-10-16/h9-12,17H,4-8,13H2,1-3H3,(H,22,23,25). The monoisotopic (exact) mass is 401 g/mol. The van der Waals surface area contributed by atoms with E-state index in [0.717, 1.165) is 36.3 Å². The Morgan fingerprint density at radius 3 is 2.43 bits per heavy atom. The highest BCUT2D eigenvalue weighted by molar-refractivity contribution is 7.15. The maximum Gasteiger partial charge on any atom is 0.254 e. The third-order valence-corrected chi connectivity index (χ3v) is 6.19. The summed E-state index contributed by atoms with van der Waals surface area (Å²) in [5.74, 6) is 0.380. The highest BCUT2D eigenvalue weighted by atomic mass is 32.1. The summed E-state index contributed by atoms with van der Waals surface area (Å²) in [4.78, 5) is 33.0. The van der Waals surface area contributed by atoms with E-state index in [1.165, 1.54) is 17.8 Å². The molecule has 0 unspecified atom stereocenters. The fourth-order valence-electron chi connectivity index (χ4n) is 3.50. The number of rotatable bonds is 6. The van der Waals surface area contributed by atoms with Crippen molar-refractivity contribution in [1.29, 1.82) is 0 Å². The van der Waals surface area contributed by atoms with Gasteiger partial charge in [0.25, 0.3) is 5.91 Å². The van der Waals surface area contributed by atoms with Crippen molar-refractivity contribution in [3.8, 4) is 5.75 Å². The molecule has 0 aliphatic heterocycles. The number of thiazole rings is 1. The number of amides is 2. The lowest BCUT2D eigenvalue weighted by atomic mass is 9.93. The van der Waals surface area contributed by atoms with Gasteiger partial charge in [0.2, 0.25) is 5.91 Å². The molecule has 1 aromatic heterocycles. The van der Waals surface area contributed by atoms with E-state index in [0.29, 0.717) is 16.4 Å². The minimum absolute atomic E-state index is 0.0349. The first-order chi connectivity index (χ1) is 13.5. The Hall–Kier alpha value is -2.41. The zero-order valence-electron chi connectivity index (χ0n) is 16.7. The molecular weight excluding hydrogens is 374 g/mol. The van der Waals surface area contributed by atoms with Crippen LogP contribution in [-0.4, -0.2) is 41.4 Å². The number of methoxy groups -OCH3 is 1. The second kappa shape index (κ2) is 9.19. The van der Waals surface area contributed by atoms with Crippen molar-refractivity contribution in [3.63, 3.8) is 0 Å². The number of nitrogens with zero attached hydrogens (tertiary/aromatic N) is 2. The molecule has 6 nitrogen and oxygen atoms in total. The Morgan fingerprint density at radius 2 is 1.86 bits per heavy atom. The van der Waals surface area contributed by atoms with Crippen LogP contribution >= 0.6 is 11.3 Å². The van der Waals surface area contributed by atoms with Crippen molar-refractivity contribution in [3.05, 3.63) is 40.4 Å². The van der Waals surface area contributed by atoms with Gasteiger partial charge in [0, 0.05) is 16.5 Å². The van der Waals surface area contributed by atoms with Crippen LogP contribution in [0.25, 0.3) is 0 Å². The average Bonchev–Trinajstić information content (AvgIpc) is 3.03. The molecule has 1 saturated carbocycles. The molecule has 1 aromatic carbocycles. The molecule has 1 heterocycles. The molecule has 28 heavy (non-hydrogen) atoms. The molecule has 3 rings (SSSR count). The number of carbonyl (C=O) groups excluding carboxylic acids is 2. The first kappa shape index (κ1) is 20.3. The summed E-state index contributed by atoms with van der Waals surface area (Å²) >= 11 is 1.45. The maximum atomic E-state index is 13.2. The smallest absolute Gasteiger partial charge is 0.254 e. The van der Waals surface area contributed by atoms with Crippen LogP contribution in [0.4, 0.5) is 5.13 Å². The second-order valence-corrected chi connectivity index (χ2v) is 8.37. The topological polar surface area (TPSA) is 71.5 Å². The van der Waals surface area contributed by atoms with Crippen LogP contribution in [0.1, 0.15) is 53.0 Å². The summed E-state index contributed by atoms with van der Waals surface area (Å²) in [6.45, 7) is 3.93. The quantitative estimate of drug-likeness (QED) is 0.788. The zero-order chi connectivity index (χ0) is 20.1. The summed E-state index contributed by atoms with van der Waals surface area (Å²) in [5, 5.41) is 3.44. The van der Waals surface area contributed by atoms with Gasteiger partial charge in [-0.1, -0.05) is 19.3 Å². The molecule has 0 bridgehead atoms. The van der Waals surface area contributed by atoms with Crippen LogP contribution in [0.5, 0.6) is 5.75 Å². The average molecular weight is 402 g/mol. The van der Waals surface area contributed by atoms with E-state index in [9.17, 15) is 9.59 Å². The highest BCUT2D eigenvalue weighted by Gasteiger charge is 2.28. The Bertz CT molecular complexity index is 806. The predicted octanol–water partition coefficient (Wildman–Crippen LogP) is 4.18. The van der Waals surface area contributed by atoms with E-state index in [4.69, 9.17) is 4.74 Å². The Morgan fingerprint density at radius 1 is 1.18 bits per heavy atom. The van der Waals surface area contributed by atoms with Crippen molar-refractivity contribution >= 4 is 28.3 Å². The summed E-state index contributed by atoms with van der Waals surface area (Å²) in [7, 11) is 1.59. The molecule has 2 aromatic rings. The number of nitrogens with one attached hydrogen (secondary N) is 1. The van der Waals surface area contributed by atoms with Crippen LogP contribution in [0.15, 0.2) is 24.3 Å². The highest BCUT2D eigenvalue weighted by Crippen LogP contribution is 2.25. The minimum atomic E-state index is -0.207. The van der Waals surface area contributed by atoms with E-state index in [1.807, 2.05) is 13.8 Å². The van der Waals surface area contributed by atoms with Gasteiger partial charge < -0.3 is 15.0 Å². The van der Waals surface area contributed by atoms with Gasteiger partial charge in [-0.3, -0.25) is 9.59 Å². The molecule has 1 aliphatic carbocycles. The van der Waals surface area contributed by atoms with Crippen molar-refractivity contribution in [2.24, 2.45) is 0 Å². The Balaban J connectivity index is 1.75. The van der Waals surface area contributed by atoms with Crippen molar-refractivity contribution in [1.82, 2.24) is 9.88 Å². The Labute approximate surface area is 169 Å². The van der Waals surface area contributed by atoms with Gasteiger partial charge in [-0.2, -0.15) is 0 Å². The second-order valence-electron chi connectivity index (χ2n) is 7.16.